The lowest BCUT2D eigenvalue weighted by molar-refractivity contribution is -0.122. The second-order valence-electron chi connectivity index (χ2n) is 6.14. The third kappa shape index (κ3) is 1.80. The molecule has 2 aliphatic rings. The second kappa shape index (κ2) is 4.78. The molecule has 2 amide bonds. The van der Waals surface area contributed by atoms with Crippen LogP contribution in [0.4, 0.5) is 5.69 Å². The summed E-state index contributed by atoms with van der Waals surface area (Å²) >= 11 is 1.79. The van der Waals surface area contributed by atoms with Crippen molar-refractivity contribution in [3.8, 4) is 0 Å². The maximum Gasteiger partial charge on any atom is 0.238 e. The fourth-order valence-corrected chi connectivity index (χ4v) is 4.95. The molecule has 1 fully saturated rings. The summed E-state index contributed by atoms with van der Waals surface area (Å²) in [5.74, 6) is -0.439. The van der Waals surface area contributed by atoms with E-state index in [9.17, 15) is 9.59 Å². The quantitative estimate of drug-likeness (QED) is 0.758. The number of fused-ring (bicyclic) bond motifs is 2. The van der Waals surface area contributed by atoms with E-state index in [2.05, 4.69) is 13.8 Å². The molecule has 1 aliphatic carbocycles. The average Bonchev–Trinajstić information content (AvgIpc) is 2.94. The summed E-state index contributed by atoms with van der Waals surface area (Å²) in [5.41, 5.74) is 3.31. The molecule has 2 atom stereocenters. The van der Waals surface area contributed by atoms with Gasteiger partial charge in [-0.25, -0.2) is 0 Å². The van der Waals surface area contributed by atoms with E-state index in [1.165, 1.54) is 25.8 Å². The van der Waals surface area contributed by atoms with E-state index in [0.29, 0.717) is 18.5 Å². The molecule has 2 unspecified atom stereocenters. The first-order chi connectivity index (χ1) is 10.6. The first kappa shape index (κ1) is 13.7. The third-order valence-corrected chi connectivity index (χ3v) is 6.05. The molecule has 3 nitrogen and oxygen atoms in total. The number of hydrogen-bond acceptors (Lipinski definition) is 3. The van der Waals surface area contributed by atoms with E-state index in [-0.39, 0.29) is 23.7 Å². The van der Waals surface area contributed by atoms with Gasteiger partial charge in [-0.2, -0.15) is 0 Å². The largest absolute Gasteiger partial charge is 0.274 e. The predicted octanol–water partition coefficient (Wildman–Crippen LogP) is 3.27. The van der Waals surface area contributed by atoms with Crippen LogP contribution in [-0.2, 0) is 22.4 Å². The van der Waals surface area contributed by atoms with Gasteiger partial charge < -0.3 is 0 Å². The number of aryl methyl sites for hydroxylation is 2. The van der Waals surface area contributed by atoms with Crippen LogP contribution in [0.15, 0.2) is 30.3 Å². The lowest BCUT2D eigenvalue weighted by atomic mass is 9.77. The number of carbonyl (C=O) groups excluding carboxylic acids is 2. The van der Waals surface area contributed by atoms with Crippen molar-refractivity contribution in [2.45, 2.75) is 26.7 Å². The molecule has 0 spiro atoms. The van der Waals surface area contributed by atoms with Crippen molar-refractivity contribution >= 4 is 28.8 Å². The van der Waals surface area contributed by atoms with E-state index < -0.39 is 0 Å². The highest BCUT2D eigenvalue weighted by molar-refractivity contribution is 7.12. The third-order valence-electron chi connectivity index (χ3n) is 4.94. The van der Waals surface area contributed by atoms with Crippen molar-refractivity contribution in [2.24, 2.45) is 11.8 Å². The molecule has 0 bridgehead atoms. The van der Waals surface area contributed by atoms with E-state index in [0.717, 1.165) is 0 Å². The first-order valence-electron chi connectivity index (χ1n) is 7.58. The number of hydrogen-bond donors (Lipinski definition) is 0. The van der Waals surface area contributed by atoms with Crippen molar-refractivity contribution in [1.82, 2.24) is 0 Å². The van der Waals surface area contributed by atoms with Crippen LogP contribution in [0.3, 0.4) is 0 Å². The smallest absolute Gasteiger partial charge is 0.238 e. The minimum absolute atomic E-state index is 0.0323. The number of benzene rings is 1. The minimum Gasteiger partial charge on any atom is -0.274 e. The fraction of sp³-hybridized carbons (Fsp3) is 0.333. The second-order valence-corrected chi connectivity index (χ2v) is 7.57. The molecule has 0 N–H and O–H groups in total. The van der Waals surface area contributed by atoms with Gasteiger partial charge in [0.1, 0.15) is 0 Å². The van der Waals surface area contributed by atoms with E-state index in [1.54, 1.807) is 11.3 Å². The zero-order chi connectivity index (χ0) is 15.4. The van der Waals surface area contributed by atoms with Crippen LogP contribution in [0, 0.1) is 25.7 Å². The number of nitrogens with zero attached hydrogens (tertiary/aromatic N) is 1. The molecule has 112 valence electrons. The van der Waals surface area contributed by atoms with Gasteiger partial charge in [0.15, 0.2) is 0 Å². The molecule has 1 aromatic carbocycles. The van der Waals surface area contributed by atoms with Crippen LogP contribution in [0.1, 0.15) is 20.9 Å². The van der Waals surface area contributed by atoms with Crippen LogP contribution in [0.2, 0.25) is 0 Å². The van der Waals surface area contributed by atoms with E-state index in [1.807, 2.05) is 30.3 Å². The Morgan fingerprint density at radius 1 is 0.909 bits per heavy atom. The first-order valence-corrected chi connectivity index (χ1v) is 8.40. The number of anilines is 1. The summed E-state index contributed by atoms with van der Waals surface area (Å²) in [6, 6.07) is 9.29. The summed E-state index contributed by atoms with van der Waals surface area (Å²) < 4.78 is 0. The van der Waals surface area contributed by atoms with Crippen molar-refractivity contribution in [1.29, 1.82) is 0 Å². The molecular formula is C18H17NO2S. The van der Waals surface area contributed by atoms with Crippen molar-refractivity contribution in [2.75, 3.05) is 4.90 Å². The van der Waals surface area contributed by atoms with E-state index >= 15 is 0 Å². The Labute approximate surface area is 133 Å². The Balaban J connectivity index is 1.74. The van der Waals surface area contributed by atoms with Crippen LogP contribution < -0.4 is 4.90 Å². The van der Waals surface area contributed by atoms with Crippen LogP contribution in [0.5, 0.6) is 0 Å². The molecule has 1 aliphatic heterocycles. The monoisotopic (exact) mass is 311 g/mol. The highest BCUT2D eigenvalue weighted by Gasteiger charge is 2.50. The Hall–Kier alpha value is -1.94. The van der Waals surface area contributed by atoms with E-state index in [4.69, 9.17) is 0 Å². The average molecular weight is 311 g/mol. The molecule has 2 heterocycles. The summed E-state index contributed by atoms with van der Waals surface area (Å²) in [4.78, 5) is 29.6. The van der Waals surface area contributed by atoms with Gasteiger partial charge in [-0.1, -0.05) is 18.2 Å². The van der Waals surface area contributed by atoms with Crippen molar-refractivity contribution in [3.05, 3.63) is 51.2 Å². The standard InChI is InChI=1S/C18H17NO2S/c1-10-13-8-15-16(9-14(13)11(2)22-10)18(21)19(17(15)20)12-6-4-3-5-7-12/h3-7,15-16H,8-9H2,1-2H3. The molecular weight excluding hydrogens is 294 g/mol. The lowest BCUT2D eigenvalue weighted by Gasteiger charge is -2.22. The molecule has 1 saturated heterocycles. The van der Waals surface area contributed by atoms with Gasteiger partial charge in [0.2, 0.25) is 11.8 Å². The lowest BCUT2D eigenvalue weighted by Crippen LogP contribution is -2.30. The number of thiophene rings is 1. The molecule has 2 aromatic rings. The SMILES string of the molecule is Cc1sc(C)c2c1CC1C(=O)N(c3ccccc3)C(=O)C1C2. The van der Waals surface area contributed by atoms with Gasteiger partial charge >= 0.3 is 0 Å². The Morgan fingerprint density at radius 3 is 1.91 bits per heavy atom. The van der Waals surface area contributed by atoms with Crippen LogP contribution in [0.25, 0.3) is 0 Å². The van der Waals surface area contributed by atoms with Crippen LogP contribution >= 0.6 is 11.3 Å². The van der Waals surface area contributed by atoms with Gasteiger partial charge in [0, 0.05) is 9.75 Å². The van der Waals surface area contributed by atoms with Gasteiger partial charge in [-0.3, -0.25) is 14.5 Å². The number of carbonyl (C=O) groups is 2. The van der Waals surface area contributed by atoms with Gasteiger partial charge in [-0.05, 0) is 49.9 Å². The zero-order valence-electron chi connectivity index (χ0n) is 12.6. The maximum atomic E-state index is 12.8. The normalized spacial score (nSPS) is 23.6. The Bertz CT molecular complexity index is 733. The minimum atomic E-state index is -0.187. The highest BCUT2D eigenvalue weighted by atomic mass is 32.1. The fourth-order valence-electron chi connectivity index (χ4n) is 3.83. The molecule has 4 rings (SSSR count). The summed E-state index contributed by atoms with van der Waals surface area (Å²) in [6.07, 6.45) is 1.42. The van der Waals surface area contributed by atoms with Gasteiger partial charge in [-0.15, -0.1) is 11.3 Å². The predicted molar refractivity (Wildman–Crippen MR) is 87.1 cm³/mol. The topological polar surface area (TPSA) is 37.4 Å². The molecule has 0 saturated carbocycles. The van der Waals surface area contributed by atoms with Crippen LogP contribution in [-0.4, -0.2) is 11.8 Å². The number of imide groups is 1. The van der Waals surface area contributed by atoms with Crippen molar-refractivity contribution < 1.29 is 9.59 Å². The summed E-state index contributed by atoms with van der Waals surface area (Å²) in [6.45, 7) is 4.24. The zero-order valence-corrected chi connectivity index (χ0v) is 13.4. The Kier molecular flexibility index (Phi) is 2.98. The number of amides is 2. The Morgan fingerprint density at radius 2 is 1.41 bits per heavy atom. The van der Waals surface area contributed by atoms with Gasteiger partial charge in [0.25, 0.3) is 0 Å². The molecule has 1 aromatic heterocycles. The number of para-hydroxylation sites is 1. The highest BCUT2D eigenvalue weighted by Crippen LogP contribution is 2.43. The summed E-state index contributed by atoms with van der Waals surface area (Å²) in [7, 11) is 0. The van der Waals surface area contributed by atoms with Crippen molar-refractivity contribution in [3.63, 3.8) is 0 Å². The molecule has 0 radical (unpaired) electrons. The molecule has 4 heteroatoms. The van der Waals surface area contributed by atoms with Gasteiger partial charge in [0.05, 0.1) is 17.5 Å². The number of rotatable bonds is 1. The maximum absolute atomic E-state index is 12.8. The summed E-state index contributed by atoms with van der Waals surface area (Å²) in [5, 5.41) is 0. The molecule has 22 heavy (non-hydrogen) atoms.